The van der Waals surface area contributed by atoms with Crippen molar-refractivity contribution in [3.05, 3.63) is 75.8 Å². The van der Waals surface area contributed by atoms with E-state index < -0.39 is 17.3 Å². The Morgan fingerprint density at radius 1 is 1.15 bits per heavy atom. The summed E-state index contributed by atoms with van der Waals surface area (Å²) in [6.45, 7) is 3.84. The maximum Gasteiger partial charge on any atom is 0.281 e. The van der Waals surface area contributed by atoms with Crippen LogP contribution in [-0.2, 0) is 23.6 Å². The molecule has 0 saturated carbocycles. The zero-order valence-corrected chi connectivity index (χ0v) is 23.8. The lowest BCUT2D eigenvalue weighted by molar-refractivity contribution is -0.122. The molecule has 1 aliphatic rings. The summed E-state index contributed by atoms with van der Waals surface area (Å²) in [6.07, 6.45) is 1.49. The molecule has 1 N–H and O–H groups in total. The van der Waals surface area contributed by atoms with Crippen molar-refractivity contribution in [1.29, 1.82) is 0 Å². The van der Waals surface area contributed by atoms with E-state index in [0.29, 0.717) is 46.5 Å². The molecule has 1 atom stereocenters. The number of hydrogen-bond donors (Lipinski definition) is 1. The van der Waals surface area contributed by atoms with Crippen molar-refractivity contribution in [3.63, 3.8) is 0 Å². The third-order valence-corrected chi connectivity index (χ3v) is 7.96. The number of nitrogens with zero attached hydrogens (tertiary/aromatic N) is 4. The number of hydrogen-bond acceptors (Lipinski definition) is 8. The second-order valence-corrected chi connectivity index (χ2v) is 11.1. The van der Waals surface area contributed by atoms with Crippen molar-refractivity contribution in [2.45, 2.75) is 51.5 Å². The number of ether oxygens (including phenoxy) is 2. The quantitative estimate of drug-likeness (QED) is 0.321. The molecular weight excluding hydrogens is 533 g/mol. The van der Waals surface area contributed by atoms with Crippen molar-refractivity contribution >= 4 is 32.7 Å². The minimum atomic E-state index is -1.90. The summed E-state index contributed by atoms with van der Waals surface area (Å²) in [5.74, 6) is 1.01. The zero-order valence-electron chi connectivity index (χ0n) is 22.9. The third-order valence-electron chi connectivity index (χ3n) is 6.97. The van der Waals surface area contributed by atoms with Crippen LogP contribution in [-0.4, -0.2) is 47.2 Å². The van der Waals surface area contributed by atoms with Crippen LogP contribution in [0.3, 0.4) is 0 Å². The van der Waals surface area contributed by atoms with Crippen LogP contribution < -0.4 is 25.2 Å². The number of fused-ring (bicyclic) bond motifs is 1. The number of nitrogens with one attached hydrogen (secondary N) is 1. The van der Waals surface area contributed by atoms with E-state index in [-0.39, 0.29) is 23.8 Å². The summed E-state index contributed by atoms with van der Waals surface area (Å²) in [6, 6.07) is 14.6. The van der Waals surface area contributed by atoms with Crippen molar-refractivity contribution < 1.29 is 18.7 Å². The van der Waals surface area contributed by atoms with Gasteiger partial charge in [-0.25, -0.2) is 14.4 Å². The fourth-order valence-electron chi connectivity index (χ4n) is 4.94. The van der Waals surface area contributed by atoms with Crippen molar-refractivity contribution in [3.8, 4) is 11.5 Å². The van der Waals surface area contributed by atoms with Gasteiger partial charge < -0.3 is 19.7 Å². The van der Waals surface area contributed by atoms with Crippen molar-refractivity contribution in [1.82, 2.24) is 19.9 Å². The monoisotopic (exact) mass is 565 g/mol. The molecule has 0 bridgehead atoms. The summed E-state index contributed by atoms with van der Waals surface area (Å²) >= 11 is 1.20. The third kappa shape index (κ3) is 5.51. The molecule has 1 fully saturated rings. The van der Waals surface area contributed by atoms with Gasteiger partial charge in [0.05, 0.1) is 20.8 Å². The van der Waals surface area contributed by atoms with E-state index in [1.54, 1.807) is 25.3 Å². The Kier molecular flexibility index (Phi) is 7.75. The van der Waals surface area contributed by atoms with Crippen LogP contribution in [0.15, 0.2) is 53.3 Å². The van der Waals surface area contributed by atoms with Crippen LogP contribution >= 0.6 is 11.3 Å². The number of amides is 1. The Hall–Kier alpha value is -3.99. The molecule has 0 radical (unpaired) electrons. The van der Waals surface area contributed by atoms with Gasteiger partial charge >= 0.3 is 0 Å². The summed E-state index contributed by atoms with van der Waals surface area (Å²) in [5, 5.41) is 3.54. The predicted molar refractivity (Wildman–Crippen MR) is 153 cm³/mol. The van der Waals surface area contributed by atoms with Crippen LogP contribution in [0, 0.1) is 0 Å². The normalized spacial score (nSPS) is 15.4. The Bertz CT molecular complexity index is 1580. The number of halogens is 1. The van der Waals surface area contributed by atoms with Gasteiger partial charge in [-0.2, -0.15) is 0 Å². The fraction of sp³-hybridized carbons (Fsp3) is 0.379. The smallest absolute Gasteiger partial charge is 0.281 e. The molecule has 0 spiro atoms. The van der Waals surface area contributed by atoms with E-state index in [4.69, 9.17) is 9.47 Å². The highest BCUT2D eigenvalue weighted by atomic mass is 32.1. The number of methoxy groups -OCH3 is 2. The molecule has 0 aliphatic carbocycles. The summed E-state index contributed by atoms with van der Waals surface area (Å²) in [4.78, 5) is 38.3. The molecule has 2 aromatic carbocycles. The number of carbonyl (C=O) groups excluding carboxylic acids is 1. The van der Waals surface area contributed by atoms with Gasteiger partial charge in [0.1, 0.15) is 17.5 Å². The van der Waals surface area contributed by atoms with Crippen molar-refractivity contribution in [2.24, 2.45) is 0 Å². The van der Waals surface area contributed by atoms with Gasteiger partial charge in [0.15, 0.2) is 27.0 Å². The number of aromatic nitrogens is 3. The van der Waals surface area contributed by atoms with E-state index in [0.717, 1.165) is 12.0 Å². The first kappa shape index (κ1) is 27.6. The van der Waals surface area contributed by atoms with Crippen molar-refractivity contribution in [2.75, 3.05) is 25.7 Å². The number of anilines is 1. The summed E-state index contributed by atoms with van der Waals surface area (Å²) < 4.78 is 27.5. The molecule has 0 unspecified atom stereocenters. The van der Waals surface area contributed by atoms with Gasteiger partial charge in [-0.3, -0.25) is 14.2 Å². The lowest BCUT2D eigenvalue weighted by Crippen LogP contribution is -2.43. The Morgan fingerprint density at radius 2 is 1.93 bits per heavy atom. The van der Waals surface area contributed by atoms with E-state index in [1.807, 2.05) is 35.2 Å². The summed E-state index contributed by atoms with van der Waals surface area (Å²) in [5.41, 5.74) is -0.515. The zero-order chi connectivity index (χ0) is 28.4. The number of benzene rings is 2. The largest absolute Gasteiger partial charge is 0.497 e. The van der Waals surface area contributed by atoms with Gasteiger partial charge in [-0.1, -0.05) is 41.7 Å². The first-order valence-electron chi connectivity index (χ1n) is 13.1. The van der Waals surface area contributed by atoms with Gasteiger partial charge in [0.25, 0.3) is 5.56 Å². The number of alkyl halides is 1. The van der Waals surface area contributed by atoms with E-state index in [2.05, 4.69) is 15.3 Å². The lowest BCUT2D eigenvalue weighted by Gasteiger charge is -2.23. The van der Waals surface area contributed by atoms with E-state index in [9.17, 15) is 9.59 Å². The Labute approximate surface area is 235 Å². The molecule has 210 valence electrons. The van der Waals surface area contributed by atoms with E-state index >= 15 is 4.39 Å². The van der Waals surface area contributed by atoms with Crippen LogP contribution in [0.25, 0.3) is 10.3 Å². The highest BCUT2D eigenvalue weighted by Crippen LogP contribution is 2.34. The molecule has 9 nitrogen and oxygen atoms in total. The SMILES string of the molecule is COc1ccc(Cn2c(C(C)(C)F)nc3sc(N4CCC[C@@H]4C(=O)NCc4ccccc4)nc3c2=O)c(OC)c1. The van der Waals surface area contributed by atoms with Gasteiger partial charge in [0, 0.05) is 24.7 Å². The summed E-state index contributed by atoms with van der Waals surface area (Å²) in [7, 11) is 3.08. The molecule has 1 saturated heterocycles. The maximum atomic E-state index is 15.4. The molecule has 2 aromatic heterocycles. The molecule has 1 aliphatic heterocycles. The molecule has 4 aromatic rings. The predicted octanol–water partition coefficient (Wildman–Crippen LogP) is 4.41. The average molecular weight is 566 g/mol. The Balaban J connectivity index is 1.48. The first-order chi connectivity index (χ1) is 19.2. The second kappa shape index (κ2) is 11.2. The fourth-order valence-corrected chi connectivity index (χ4v) is 5.95. The molecule has 40 heavy (non-hydrogen) atoms. The lowest BCUT2D eigenvalue weighted by atomic mass is 10.1. The standard InChI is InChI=1S/C29H32FN5O4S/c1-29(2,30)27-33-25-23(26(37)35(27)17-19-12-13-20(38-3)15-22(19)39-4)32-28(40-25)34-14-8-11-21(34)24(36)31-16-18-9-6-5-7-10-18/h5-7,9-10,12-13,15,21H,8,11,14,16-17H2,1-4H3,(H,31,36)/t21-/m1/s1. The number of carbonyl (C=O) groups is 1. The van der Waals surface area contributed by atoms with Gasteiger partial charge in [-0.05, 0) is 44.4 Å². The highest BCUT2D eigenvalue weighted by molar-refractivity contribution is 7.21. The first-order valence-corrected chi connectivity index (χ1v) is 13.9. The highest BCUT2D eigenvalue weighted by Gasteiger charge is 2.34. The van der Waals surface area contributed by atoms with Crippen LogP contribution in [0.1, 0.15) is 43.6 Å². The maximum absolute atomic E-state index is 15.4. The molecule has 3 heterocycles. The van der Waals surface area contributed by atoms with Crippen LogP contribution in [0.4, 0.5) is 9.52 Å². The van der Waals surface area contributed by atoms with Crippen LogP contribution in [0.5, 0.6) is 11.5 Å². The minimum Gasteiger partial charge on any atom is -0.497 e. The Morgan fingerprint density at radius 3 is 2.62 bits per heavy atom. The average Bonchev–Trinajstić information content (AvgIpc) is 3.61. The van der Waals surface area contributed by atoms with E-state index in [1.165, 1.54) is 36.9 Å². The second-order valence-electron chi connectivity index (χ2n) is 10.2. The van der Waals surface area contributed by atoms with Gasteiger partial charge in [0.2, 0.25) is 5.91 Å². The van der Waals surface area contributed by atoms with Gasteiger partial charge in [-0.15, -0.1) is 0 Å². The van der Waals surface area contributed by atoms with Crippen LogP contribution in [0.2, 0.25) is 0 Å². The number of rotatable bonds is 9. The minimum absolute atomic E-state index is 0.00310. The molecule has 11 heteroatoms. The topological polar surface area (TPSA) is 98.6 Å². The molecular formula is C29H32FN5O4S. The molecule has 5 rings (SSSR count). The number of thiazole rings is 1. The molecule has 1 amide bonds.